The van der Waals surface area contributed by atoms with Crippen molar-refractivity contribution in [1.82, 2.24) is 4.90 Å². The van der Waals surface area contributed by atoms with Crippen LogP contribution in [-0.4, -0.2) is 48.0 Å². The van der Waals surface area contributed by atoms with Crippen molar-refractivity contribution in [2.75, 3.05) is 13.2 Å². The van der Waals surface area contributed by atoms with Crippen LogP contribution >= 0.6 is 0 Å². The standard InChI is InChI=1S/C20H29NO5/c1-13(2)24-14-8-9-16-17(11-14)25-18(12-23-16)15-7-6-10-21(15)19(22)26-20(3,4)5/h8-9,11,13,15,18H,6-7,10,12H2,1-5H3/t15-,18+/m0/s1. The first kappa shape index (κ1) is 18.7. The van der Waals surface area contributed by atoms with E-state index in [1.807, 2.05) is 52.8 Å². The molecule has 1 aromatic rings. The normalized spacial score (nSPS) is 22.5. The maximum atomic E-state index is 12.5. The van der Waals surface area contributed by atoms with E-state index in [0.29, 0.717) is 24.7 Å². The van der Waals surface area contributed by atoms with Gasteiger partial charge >= 0.3 is 6.09 Å². The molecule has 3 rings (SSSR count). The van der Waals surface area contributed by atoms with E-state index in [0.717, 1.165) is 18.6 Å². The molecule has 0 aliphatic carbocycles. The molecule has 0 unspecified atom stereocenters. The minimum absolute atomic E-state index is 0.0485. The predicted molar refractivity (Wildman–Crippen MR) is 98.1 cm³/mol. The summed E-state index contributed by atoms with van der Waals surface area (Å²) >= 11 is 0. The fourth-order valence-electron chi connectivity index (χ4n) is 3.33. The molecule has 0 aromatic heterocycles. The van der Waals surface area contributed by atoms with Gasteiger partial charge in [-0.05, 0) is 59.6 Å². The minimum atomic E-state index is -0.510. The monoisotopic (exact) mass is 363 g/mol. The summed E-state index contributed by atoms with van der Waals surface area (Å²) in [5.74, 6) is 2.12. The Morgan fingerprint density at radius 2 is 2.04 bits per heavy atom. The summed E-state index contributed by atoms with van der Waals surface area (Å²) in [6.45, 7) is 10.7. The molecule has 1 aromatic carbocycles. The Kier molecular flexibility index (Phi) is 5.21. The number of fused-ring (bicyclic) bond motifs is 1. The van der Waals surface area contributed by atoms with Gasteiger partial charge in [0.15, 0.2) is 17.6 Å². The molecule has 0 radical (unpaired) electrons. The lowest BCUT2D eigenvalue weighted by Crippen LogP contribution is -2.50. The van der Waals surface area contributed by atoms with Crippen molar-refractivity contribution in [3.05, 3.63) is 18.2 Å². The quantitative estimate of drug-likeness (QED) is 0.812. The Hall–Kier alpha value is -2.11. The van der Waals surface area contributed by atoms with Crippen molar-refractivity contribution in [3.8, 4) is 17.2 Å². The van der Waals surface area contributed by atoms with Crippen LogP contribution in [-0.2, 0) is 4.74 Å². The Morgan fingerprint density at radius 1 is 1.27 bits per heavy atom. The predicted octanol–water partition coefficient (Wildman–Crippen LogP) is 4.01. The summed E-state index contributed by atoms with van der Waals surface area (Å²) in [5, 5.41) is 0. The van der Waals surface area contributed by atoms with Gasteiger partial charge in [-0.15, -0.1) is 0 Å². The van der Waals surface area contributed by atoms with E-state index in [-0.39, 0.29) is 24.3 Å². The molecule has 6 heteroatoms. The number of carbonyl (C=O) groups excluding carboxylic acids is 1. The van der Waals surface area contributed by atoms with Crippen molar-refractivity contribution in [3.63, 3.8) is 0 Å². The first-order valence-electron chi connectivity index (χ1n) is 9.33. The average molecular weight is 363 g/mol. The van der Waals surface area contributed by atoms with Crippen LogP contribution < -0.4 is 14.2 Å². The largest absolute Gasteiger partial charge is 0.491 e. The van der Waals surface area contributed by atoms with Gasteiger partial charge in [0, 0.05) is 12.6 Å². The second-order valence-electron chi connectivity index (χ2n) is 8.13. The molecule has 1 fully saturated rings. The number of hydrogen-bond acceptors (Lipinski definition) is 5. The minimum Gasteiger partial charge on any atom is -0.491 e. The van der Waals surface area contributed by atoms with Crippen LogP contribution in [0.3, 0.4) is 0 Å². The first-order valence-corrected chi connectivity index (χ1v) is 9.33. The third-order valence-corrected chi connectivity index (χ3v) is 4.32. The van der Waals surface area contributed by atoms with Crippen LogP contribution in [0.25, 0.3) is 0 Å². The van der Waals surface area contributed by atoms with E-state index in [1.165, 1.54) is 0 Å². The van der Waals surface area contributed by atoms with Gasteiger partial charge in [-0.25, -0.2) is 4.79 Å². The first-order chi connectivity index (χ1) is 12.2. The molecule has 2 aliphatic heterocycles. The molecular weight excluding hydrogens is 334 g/mol. The second-order valence-corrected chi connectivity index (χ2v) is 8.13. The molecule has 2 atom stereocenters. The lowest BCUT2D eigenvalue weighted by atomic mass is 10.1. The van der Waals surface area contributed by atoms with Crippen LogP contribution in [0.4, 0.5) is 4.79 Å². The summed E-state index contributed by atoms with van der Waals surface area (Å²) in [6, 6.07) is 5.55. The van der Waals surface area contributed by atoms with Crippen LogP contribution in [0.15, 0.2) is 18.2 Å². The van der Waals surface area contributed by atoms with Gasteiger partial charge in [-0.2, -0.15) is 0 Å². The van der Waals surface area contributed by atoms with E-state index in [2.05, 4.69) is 0 Å². The highest BCUT2D eigenvalue weighted by molar-refractivity contribution is 5.69. The molecule has 0 N–H and O–H groups in total. The summed E-state index contributed by atoms with van der Waals surface area (Å²) in [4.78, 5) is 14.3. The van der Waals surface area contributed by atoms with Crippen LogP contribution in [0, 0.1) is 0 Å². The third-order valence-electron chi connectivity index (χ3n) is 4.32. The molecule has 6 nitrogen and oxygen atoms in total. The van der Waals surface area contributed by atoms with Crippen molar-refractivity contribution in [2.45, 2.75) is 71.3 Å². The van der Waals surface area contributed by atoms with Crippen molar-refractivity contribution >= 4 is 6.09 Å². The number of likely N-dealkylation sites (tertiary alicyclic amines) is 1. The molecule has 1 saturated heterocycles. The van der Waals surface area contributed by atoms with Crippen molar-refractivity contribution in [1.29, 1.82) is 0 Å². The SMILES string of the molecule is CC(C)Oc1ccc2c(c1)O[C@@H]([C@@H]1CCCN1C(=O)OC(C)(C)C)CO2. The van der Waals surface area contributed by atoms with Crippen LogP contribution in [0.1, 0.15) is 47.5 Å². The smallest absolute Gasteiger partial charge is 0.410 e. The summed E-state index contributed by atoms with van der Waals surface area (Å²) < 4.78 is 23.4. The molecule has 0 saturated carbocycles. The molecule has 0 spiro atoms. The maximum Gasteiger partial charge on any atom is 0.410 e. The van der Waals surface area contributed by atoms with E-state index in [9.17, 15) is 4.79 Å². The Morgan fingerprint density at radius 3 is 2.73 bits per heavy atom. The summed E-state index contributed by atoms with van der Waals surface area (Å²) in [7, 11) is 0. The fourth-order valence-corrected chi connectivity index (χ4v) is 3.33. The number of nitrogens with zero attached hydrogens (tertiary/aromatic N) is 1. The Bertz CT molecular complexity index is 652. The number of rotatable bonds is 3. The van der Waals surface area contributed by atoms with E-state index >= 15 is 0 Å². The highest BCUT2D eigenvalue weighted by Crippen LogP contribution is 2.37. The molecule has 2 aliphatic rings. The Labute approximate surface area is 155 Å². The number of amides is 1. The van der Waals surface area contributed by atoms with Crippen LogP contribution in [0.2, 0.25) is 0 Å². The van der Waals surface area contributed by atoms with Gasteiger partial charge in [0.25, 0.3) is 0 Å². The zero-order chi connectivity index (χ0) is 18.9. The zero-order valence-corrected chi connectivity index (χ0v) is 16.3. The molecule has 1 amide bonds. The highest BCUT2D eigenvalue weighted by Gasteiger charge is 2.40. The molecular formula is C20H29NO5. The van der Waals surface area contributed by atoms with E-state index in [4.69, 9.17) is 18.9 Å². The van der Waals surface area contributed by atoms with Crippen molar-refractivity contribution in [2.24, 2.45) is 0 Å². The molecule has 0 bridgehead atoms. The zero-order valence-electron chi connectivity index (χ0n) is 16.3. The number of hydrogen-bond donors (Lipinski definition) is 0. The lowest BCUT2D eigenvalue weighted by Gasteiger charge is -2.35. The number of carbonyl (C=O) groups is 1. The Balaban J connectivity index is 1.71. The second kappa shape index (κ2) is 7.25. The molecule has 26 heavy (non-hydrogen) atoms. The third kappa shape index (κ3) is 4.34. The van der Waals surface area contributed by atoms with Gasteiger partial charge in [0.2, 0.25) is 0 Å². The number of ether oxygens (including phenoxy) is 4. The van der Waals surface area contributed by atoms with E-state index < -0.39 is 5.60 Å². The summed E-state index contributed by atoms with van der Waals surface area (Å²) in [6.07, 6.45) is 1.40. The van der Waals surface area contributed by atoms with Crippen molar-refractivity contribution < 1.29 is 23.7 Å². The maximum absolute atomic E-state index is 12.5. The van der Waals surface area contributed by atoms with Gasteiger partial charge in [-0.3, -0.25) is 0 Å². The lowest BCUT2D eigenvalue weighted by molar-refractivity contribution is -0.00471. The van der Waals surface area contributed by atoms with Gasteiger partial charge in [0.05, 0.1) is 12.1 Å². The van der Waals surface area contributed by atoms with Gasteiger partial charge in [-0.1, -0.05) is 0 Å². The molecule has 2 heterocycles. The fraction of sp³-hybridized carbons (Fsp3) is 0.650. The van der Waals surface area contributed by atoms with Gasteiger partial charge < -0.3 is 23.8 Å². The number of benzene rings is 1. The average Bonchev–Trinajstić information content (AvgIpc) is 3.01. The summed E-state index contributed by atoms with van der Waals surface area (Å²) in [5.41, 5.74) is -0.510. The van der Waals surface area contributed by atoms with E-state index in [1.54, 1.807) is 4.90 Å². The topological polar surface area (TPSA) is 57.2 Å². The van der Waals surface area contributed by atoms with Crippen LogP contribution in [0.5, 0.6) is 17.2 Å². The van der Waals surface area contributed by atoms with Gasteiger partial charge in [0.1, 0.15) is 18.0 Å². The highest BCUT2D eigenvalue weighted by atomic mass is 16.6. The molecule has 144 valence electrons.